The van der Waals surface area contributed by atoms with Crippen molar-refractivity contribution >= 4 is 36.3 Å². The fourth-order valence-electron chi connectivity index (χ4n) is 3.32. The number of amides is 3. The zero-order valence-corrected chi connectivity index (χ0v) is 20.9. The largest absolute Gasteiger partial charge is 0.508 e. The molecule has 196 valence electrons. The number of carboxylic acid groups (broad SMARTS) is 1. The Kier molecular flexibility index (Phi) is 10.7. The molecule has 1 aromatic carbocycles. The molecule has 0 radical (unpaired) electrons. The minimum atomic E-state index is -1.27. The number of hydrogen-bond donors (Lipinski definition) is 8. The van der Waals surface area contributed by atoms with Crippen LogP contribution in [0.1, 0.15) is 25.1 Å². The Balaban J connectivity index is 2.17. The molecule has 4 unspecified atom stereocenters. The number of nitrogens with zero attached hydrogens (tertiary/aromatic N) is 1. The quantitative estimate of drug-likeness (QED) is 0.159. The van der Waals surface area contributed by atoms with Crippen LogP contribution in [0.25, 0.3) is 0 Å². The summed E-state index contributed by atoms with van der Waals surface area (Å²) in [6, 6.07) is 1.62. The Morgan fingerprint density at radius 2 is 1.64 bits per heavy atom. The van der Waals surface area contributed by atoms with E-state index in [2.05, 4.69) is 38.5 Å². The van der Waals surface area contributed by atoms with E-state index < -0.39 is 47.9 Å². The van der Waals surface area contributed by atoms with Gasteiger partial charge in [0.25, 0.3) is 0 Å². The number of benzene rings is 1. The first-order valence-electron chi connectivity index (χ1n) is 11.3. The number of carbonyl (C=O) groups is 4. The maximum absolute atomic E-state index is 13.2. The van der Waals surface area contributed by atoms with Crippen LogP contribution in [0.2, 0.25) is 0 Å². The SMILES string of the molecule is CC(C)C(NC(=O)C(N)Cc1cnc[nH]1)C(=O)NC(Cc1ccc(O)cc1)C(=O)NC(CS)C(=O)O. The van der Waals surface area contributed by atoms with Gasteiger partial charge in [-0.05, 0) is 23.6 Å². The summed E-state index contributed by atoms with van der Waals surface area (Å²) in [7, 11) is 0. The fourth-order valence-corrected chi connectivity index (χ4v) is 3.56. The predicted octanol–water partition coefficient (Wildman–Crippen LogP) is -0.647. The van der Waals surface area contributed by atoms with E-state index in [4.69, 9.17) is 5.73 Å². The van der Waals surface area contributed by atoms with Gasteiger partial charge in [-0.1, -0.05) is 26.0 Å². The Hall–Kier alpha value is -3.58. The van der Waals surface area contributed by atoms with E-state index in [-0.39, 0.29) is 30.3 Å². The average Bonchev–Trinajstić information content (AvgIpc) is 3.33. The second kappa shape index (κ2) is 13.5. The van der Waals surface area contributed by atoms with Crippen LogP contribution < -0.4 is 21.7 Å². The van der Waals surface area contributed by atoms with Crippen LogP contribution in [0.5, 0.6) is 5.75 Å². The zero-order valence-electron chi connectivity index (χ0n) is 20.0. The number of rotatable bonds is 13. The lowest BCUT2D eigenvalue weighted by atomic mass is 10.00. The molecule has 0 aliphatic rings. The molecule has 0 saturated heterocycles. The van der Waals surface area contributed by atoms with E-state index in [1.165, 1.54) is 18.5 Å². The maximum atomic E-state index is 13.2. The second-order valence-corrected chi connectivity index (χ2v) is 9.00. The van der Waals surface area contributed by atoms with Gasteiger partial charge in [0.05, 0.1) is 12.4 Å². The number of aliphatic carboxylic acids is 1. The molecule has 0 aliphatic carbocycles. The van der Waals surface area contributed by atoms with Crippen molar-refractivity contribution in [3.05, 3.63) is 48.0 Å². The average molecular weight is 521 g/mol. The van der Waals surface area contributed by atoms with Crippen molar-refractivity contribution in [3.63, 3.8) is 0 Å². The highest BCUT2D eigenvalue weighted by molar-refractivity contribution is 7.80. The minimum Gasteiger partial charge on any atom is -0.508 e. The van der Waals surface area contributed by atoms with E-state index >= 15 is 0 Å². The van der Waals surface area contributed by atoms with Gasteiger partial charge in [-0.15, -0.1) is 0 Å². The van der Waals surface area contributed by atoms with Crippen LogP contribution in [-0.4, -0.2) is 73.8 Å². The van der Waals surface area contributed by atoms with Crippen molar-refractivity contribution in [2.24, 2.45) is 11.7 Å². The van der Waals surface area contributed by atoms with Gasteiger partial charge < -0.3 is 36.9 Å². The Morgan fingerprint density at radius 1 is 1.00 bits per heavy atom. The molecule has 4 atom stereocenters. The van der Waals surface area contributed by atoms with Gasteiger partial charge >= 0.3 is 5.97 Å². The van der Waals surface area contributed by atoms with Crippen LogP contribution in [0, 0.1) is 5.92 Å². The molecular formula is C23H32N6O6S. The van der Waals surface area contributed by atoms with E-state index in [1.54, 1.807) is 32.2 Å². The standard InChI is InChI=1S/C23H32N6O6S/c1-12(2)19(29-20(31)16(24)8-14-9-25-11-26-14)22(33)27-17(7-13-3-5-15(30)6-4-13)21(32)28-18(10-36)23(34)35/h3-6,9,11-12,16-19,30,36H,7-8,10,24H2,1-2H3,(H,25,26)(H,27,33)(H,28,32)(H,29,31)(H,34,35). The first-order chi connectivity index (χ1) is 17.0. The molecule has 8 N–H and O–H groups in total. The van der Waals surface area contributed by atoms with Crippen molar-refractivity contribution < 1.29 is 29.4 Å². The van der Waals surface area contributed by atoms with Crippen molar-refractivity contribution in [2.75, 3.05) is 5.75 Å². The molecule has 2 aromatic rings. The lowest BCUT2D eigenvalue weighted by Crippen LogP contribution is -2.59. The number of thiol groups is 1. The van der Waals surface area contributed by atoms with Gasteiger partial charge in [0, 0.05) is 30.5 Å². The normalized spacial score (nSPS) is 14.4. The van der Waals surface area contributed by atoms with Gasteiger partial charge in [0.2, 0.25) is 17.7 Å². The van der Waals surface area contributed by atoms with E-state index in [9.17, 15) is 29.4 Å². The minimum absolute atomic E-state index is 0.00879. The number of hydrogen-bond acceptors (Lipinski definition) is 8. The number of carboxylic acids is 1. The number of phenolic OH excluding ortho intramolecular Hbond substituents is 1. The summed E-state index contributed by atoms with van der Waals surface area (Å²) >= 11 is 3.95. The number of H-pyrrole nitrogens is 1. The van der Waals surface area contributed by atoms with Gasteiger partial charge in [-0.2, -0.15) is 12.6 Å². The molecule has 1 heterocycles. The molecule has 0 aliphatic heterocycles. The maximum Gasteiger partial charge on any atom is 0.327 e. The van der Waals surface area contributed by atoms with Crippen molar-refractivity contribution in [3.8, 4) is 5.75 Å². The molecule has 0 fully saturated rings. The van der Waals surface area contributed by atoms with Crippen LogP contribution in [0.4, 0.5) is 0 Å². The zero-order chi connectivity index (χ0) is 26.8. The molecule has 0 bridgehead atoms. The summed E-state index contributed by atoms with van der Waals surface area (Å²) in [5.41, 5.74) is 7.25. The number of imidazole rings is 1. The molecule has 3 amide bonds. The number of phenols is 1. The van der Waals surface area contributed by atoms with Gasteiger partial charge in [-0.3, -0.25) is 14.4 Å². The van der Waals surface area contributed by atoms with Crippen molar-refractivity contribution in [1.29, 1.82) is 0 Å². The number of nitrogens with one attached hydrogen (secondary N) is 4. The molecule has 12 nitrogen and oxygen atoms in total. The predicted molar refractivity (Wildman–Crippen MR) is 134 cm³/mol. The van der Waals surface area contributed by atoms with Crippen LogP contribution in [-0.2, 0) is 32.0 Å². The summed E-state index contributed by atoms with van der Waals surface area (Å²) in [5.74, 6) is -3.68. The van der Waals surface area contributed by atoms with Crippen molar-refractivity contribution in [2.45, 2.75) is 50.9 Å². The fraction of sp³-hybridized carbons (Fsp3) is 0.435. The van der Waals surface area contributed by atoms with E-state index in [0.717, 1.165) is 0 Å². The highest BCUT2D eigenvalue weighted by atomic mass is 32.1. The third kappa shape index (κ3) is 8.57. The smallest absolute Gasteiger partial charge is 0.327 e. The monoisotopic (exact) mass is 520 g/mol. The molecule has 36 heavy (non-hydrogen) atoms. The lowest BCUT2D eigenvalue weighted by molar-refractivity contribution is -0.141. The first kappa shape index (κ1) is 28.7. The summed E-state index contributed by atoms with van der Waals surface area (Å²) in [6.07, 6.45) is 3.20. The van der Waals surface area contributed by atoms with E-state index in [0.29, 0.717) is 11.3 Å². The van der Waals surface area contributed by atoms with Crippen LogP contribution >= 0.6 is 12.6 Å². The number of aromatic nitrogens is 2. The molecule has 0 spiro atoms. The van der Waals surface area contributed by atoms with Crippen LogP contribution in [0.15, 0.2) is 36.8 Å². The second-order valence-electron chi connectivity index (χ2n) is 8.63. The molecule has 0 saturated carbocycles. The van der Waals surface area contributed by atoms with Gasteiger partial charge in [-0.25, -0.2) is 9.78 Å². The summed E-state index contributed by atoms with van der Waals surface area (Å²) < 4.78 is 0. The molecule has 13 heteroatoms. The number of nitrogens with two attached hydrogens (primary N) is 1. The molecular weight excluding hydrogens is 488 g/mol. The number of aromatic hydroxyl groups is 1. The van der Waals surface area contributed by atoms with Crippen molar-refractivity contribution in [1.82, 2.24) is 25.9 Å². The number of carbonyl (C=O) groups excluding carboxylic acids is 3. The third-order valence-corrected chi connectivity index (χ3v) is 5.75. The van der Waals surface area contributed by atoms with E-state index in [1.807, 2.05) is 0 Å². The topological polar surface area (TPSA) is 200 Å². The van der Waals surface area contributed by atoms with Crippen LogP contribution in [0.3, 0.4) is 0 Å². The first-order valence-corrected chi connectivity index (χ1v) is 11.9. The summed E-state index contributed by atoms with van der Waals surface area (Å²) in [5, 5.41) is 26.4. The van der Waals surface area contributed by atoms with Gasteiger partial charge in [0.1, 0.15) is 23.9 Å². The van der Waals surface area contributed by atoms with Gasteiger partial charge in [0.15, 0.2) is 0 Å². The number of aromatic amines is 1. The lowest BCUT2D eigenvalue weighted by Gasteiger charge is -2.27. The highest BCUT2D eigenvalue weighted by Gasteiger charge is 2.31. The molecule has 1 aromatic heterocycles. The summed E-state index contributed by atoms with van der Waals surface area (Å²) in [6.45, 7) is 3.45. The Bertz CT molecular complexity index is 1030. The third-order valence-electron chi connectivity index (χ3n) is 5.38. The highest BCUT2D eigenvalue weighted by Crippen LogP contribution is 2.12. The Morgan fingerprint density at radius 3 is 2.17 bits per heavy atom. The summed E-state index contributed by atoms with van der Waals surface area (Å²) in [4.78, 5) is 56.9. The molecule has 2 rings (SSSR count). The Labute approximate surface area is 213 Å².